The Balaban J connectivity index is 1.22. The number of rotatable bonds is 12. The van der Waals surface area contributed by atoms with Gasteiger partial charge in [0.2, 0.25) is 5.75 Å². The summed E-state index contributed by atoms with van der Waals surface area (Å²) in [7, 11) is 6.47. The second kappa shape index (κ2) is 13.0. The van der Waals surface area contributed by atoms with Gasteiger partial charge in [-0.3, -0.25) is 9.69 Å². The predicted octanol–water partition coefficient (Wildman–Crippen LogP) is 4.56. The zero-order chi connectivity index (χ0) is 27.8. The Morgan fingerprint density at radius 1 is 0.795 bits per heavy atom. The Morgan fingerprint density at radius 2 is 1.33 bits per heavy atom. The Bertz CT molecular complexity index is 1280. The van der Waals surface area contributed by atoms with E-state index in [0.717, 1.165) is 22.3 Å². The predicted molar refractivity (Wildman–Crippen MR) is 148 cm³/mol. The molecule has 0 radical (unpaired) electrons. The van der Waals surface area contributed by atoms with Gasteiger partial charge in [-0.25, -0.2) is 4.79 Å². The normalized spacial score (nSPS) is 12.2. The summed E-state index contributed by atoms with van der Waals surface area (Å²) >= 11 is 0. The van der Waals surface area contributed by atoms with E-state index in [1.54, 1.807) is 18.2 Å². The first-order valence-corrected chi connectivity index (χ1v) is 12.6. The smallest absolute Gasteiger partial charge is 0.330 e. The molecule has 0 spiro atoms. The Labute approximate surface area is 228 Å². The minimum absolute atomic E-state index is 0.201. The van der Waals surface area contributed by atoms with E-state index < -0.39 is 11.9 Å². The third-order valence-corrected chi connectivity index (χ3v) is 6.60. The highest BCUT2D eigenvalue weighted by Crippen LogP contribution is 2.45. The van der Waals surface area contributed by atoms with E-state index in [-0.39, 0.29) is 19.2 Å². The van der Waals surface area contributed by atoms with Crippen LogP contribution >= 0.6 is 0 Å². The summed E-state index contributed by atoms with van der Waals surface area (Å²) < 4.78 is 26.9. The molecule has 8 heteroatoms. The molecule has 0 saturated heterocycles. The van der Waals surface area contributed by atoms with Crippen molar-refractivity contribution in [3.05, 3.63) is 83.4 Å². The highest BCUT2D eigenvalue weighted by atomic mass is 16.5. The van der Waals surface area contributed by atoms with Crippen LogP contribution in [0.2, 0.25) is 0 Å². The van der Waals surface area contributed by atoms with Crippen molar-refractivity contribution < 1.29 is 33.3 Å². The SMILES string of the molecule is COc1cc(/C=C/C(=O)OCCN(C)CCOC(=O)C2c3ccccc3-c3ccccc32)cc(OC)c1OC. The maximum Gasteiger partial charge on any atom is 0.330 e. The summed E-state index contributed by atoms with van der Waals surface area (Å²) in [5.41, 5.74) is 4.81. The van der Waals surface area contributed by atoms with Crippen LogP contribution in [0.25, 0.3) is 17.2 Å². The van der Waals surface area contributed by atoms with Crippen molar-refractivity contribution in [3.63, 3.8) is 0 Å². The molecule has 0 aliphatic heterocycles. The van der Waals surface area contributed by atoms with E-state index in [2.05, 4.69) is 0 Å². The van der Waals surface area contributed by atoms with Crippen LogP contribution in [0.1, 0.15) is 22.6 Å². The fourth-order valence-corrected chi connectivity index (χ4v) is 4.62. The van der Waals surface area contributed by atoms with Crippen LogP contribution in [0, 0.1) is 0 Å². The second-order valence-corrected chi connectivity index (χ2v) is 9.04. The van der Waals surface area contributed by atoms with Crippen LogP contribution in [-0.2, 0) is 19.1 Å². The molecule has 0 amide bonds. The first-order chi connectivity index (χ1) is 19.0. The topological polar surface area (TPSA) is 83.5 Å². The third-order valence-electron chi connectivity index (χ3n) is 6.60. The van der Waals surface area contributed by atoms with Gasteiger partial charge in [0.25, 0.3) is 0 Å². The van der Waals surface area contributed by atoms with E-state index >= 15 is 0 Å². The average molecular weight is 532 g/mol. The van der Waals surface area contributed by atoms with Gasteiger partial charge >= 0.3 is 11.9 Å². The standard InChI is InChI=1S/C31H33NO7/c1-32(15-17-38-28(33)14-13-21-19-26(35-2)30(37-4)27(20-21)36-3)16-18-39-31(34)29-24-11-7-5-9-22(24)23-10-6-8-12-25(23)29/h5-14,19-20,29H,15-18H2,1-4H3/b14-13+. The number of hydrogen-bond acceptors (Lipinski definition) is 8. The molecule has 0 fully saturated rings. The highest BCUT2D eigenvalue weighted by molar-refractivity contribution is 5.93. The molecular formula is C31H33NO7. The van der Waals surface area contributed by atoms with Gasteiger partial charge in [-0.2, -0.15) is 0 Å². The number of likely N-dealkylation sites (N-methyl/N-ethyl adjacent to an activating group) is 1. The molecule has 0 bridgehead atoms. The molecule has 0 saturated carbocycles. The van der Waals surface area contributed by atoms with Gasteiger partial charge in [0.05, 0.1) is 21.3 Å². The molecule has 8 nitrogen and oxygen atoms in total. The van der Waals surface area contributed by atoms with Crippen LogP contribution in [0.15, 0.2) is 66.7 Å². The first kappa shape index (κ1) is 27.7. The summed E-state index contributed by atoms with van der Waals surface area (Å²) in [6.07, 6.45) is 2.97. The molecular weight excluding hydrogens is 498 g/mol. The van der Waals surface area contributed by atoms with E-state index in [1.807, 2.05) is 60.5 Å². The van der Waals surface area contributed by atoms with Gasteiger partial charge < -0.3 is 23.7 Å². The summed E-state index contributed by atoms with van der Waals surface area (Å²) in [5.74, 6) is 0.320. The first-order valence-electron chi connectivity index (χ1n) is 12.6. The van der Waals surface area contributed by atoms with Crippen LogP contribution in [0.3, 0.4) is 0 Å². The molecule has 0 N–H and O–H groups in total. The molecule has 3 aromatic rings. The summed E-state index contributed by atoms with van der Waals surface area (Å²) in [6, 6.07) is 19.4. The van der Waals surface area contributed by atoms with Gasteiger partial charge in [0, 0.05) is 19.2 Å². The minimum Gasteiger partial charge on any atom is -0.493 e. The number of methoxy groups -OCH3 is 3. The molecule has 0 aromatic heterocycles. The fourth-order valence-electron chi connectivity index (χ4n) is 4.62. The Kier molecular flexibility index (Phi) is 9.22. The maximum atomic E-state index is 13.0. The van der Waals surface area contributed by atoms with Crippen molar-refractivity contribution in [2.24, 2.45) is 0 Å². The summed E-state index contributed by atoms with van der Waals surface area (Å²) in [5, 5.41) is 0. The van der Waals surface area contributed by atoms with Crippen molar-refractivity contribution in [1.82, 2.24) is 4.90 Å². The number of ether oxygens (including phenoxy) is 5. The van der Waals surface area contributed by atoms with Crippen LogP contribution in [0.4, 0.5) is 0 Å². The monoisotopic (exact) mass is 531 g/mol. The quantitative estimate of drug-likeness (QED) is 0.249. The van der Waals surface area contributed by atoms with E-state index in [4.69, 9.17) is 23.7 Å². The van der Waals surface area contributed by atoms with Gasteiger partial charge in [-0.05, 0) is 53.1 Å². The molecule has 1 aliphatic carbocycles. The summed E-state index contributed by atoms with van der Waals surface area (Å²) in [4.78, 5) is 27.2. The lowest BCUT2D eigenvalue weighted by atomic mass is 9.97. The van der Waals surface area contributed by atoms with Crippen LogP contribution in [0.5, 0.6) is 17.2 Å². The van der Waals surface area contributed by atoms with Crippen LogP contribution in [-0.4, -0.2) is 71.5 Å². The number of carbonyl (C=O) groups is 2. The molecule has 39 heavy (non-hydrogen) atoms. The highest BCUT2D eigenvalue weighted by Gasteiger charge is 2.34. The molecule has 1 aliphatic rings. The zero-order valence-corrected chi connectivity index (χ0v) is 22.6. The fraction of sp³-hybridized carbons (Fsp3) is 0.290. The number of esters is 2. The number of benzene rings is 3. The van der Waals surface area contributed by atoms with E-state index in [0.29, 0.717) is 35.9 Å². The number of nitrogens with zero attached hydrogens (tertiary/aromatic N) is 1. The summed E-state index contributed by atoms with van der Waals surface area (Å²) in [6.45, 7) is 1.45. The Hall–Kier alpha value is -4.30. The number of fused-ring (bicyclic) bond motifs is 3. The number of hydrogen-bond donors (Lipinski definition) is 0. The van der Waals surface area contributed by atoms with Crippen molar-refractivity contribution in [3.8, 4) is 28.4 Å². The largest absolute Gasteiger partial charge is 0.493 e. The van der Waals surface area contributed by atoms with Gasteiger partial charge in [0.15, 0.2) is 11.5 Å². The van der Waals surface area contributed by atoms with Gasteiger partial charge in [-0.15, -0.1) is 0 Å². The molecule has 0 heterocycles. The van der Waals surface area contributed by atoms with Crippen molar-refractivity contribution in [2.45, 2.75) is 5.92 Å². The maximum absolute atomic E-state index is 13.0. The lowest BCUT2D eigenvalue weighted by Crippen LogP contribution is -2.29. The number of carbonyl (C=O) groups excluding carboxylic acids is 2. The lowest BCUT2D eigenvalue weighted by Gasteiger charge is -2.18. The molecule has 0 unspecified atom stereocenters. The van der Waals surface area contributed by atoms with Crippen molar-refractivity contribution in [1.29, 1.82) is 0 Å². The second-order valence-electron chi connectivity index (χ2n) is 9.04. The van der Waals surface area contributed by atoms with Gasteiger partial charge in [-0.1, -0.05) is 48.5 Å². The average Bonchev–Trinajstić information content (AvgIpc) is 3.30. The van der Waals surface area contributed by atoms with Gasteiger partial charge in [0.1, 0.15) is 19.1 Å². The minimum atomic E-state index is -0.470. The lowest BCUT2D eigenvalue weighted by molar-refractivity contribution is -0.144. The third kappa shape index (κ3) is 6.41. The molecule has 204 valence electrons. The Morgan fingerprint density at radius 3 is 1.87 bits per heavy atom. The van der Waals surface area contributed by atoms with E-state index in [9.17, 15) is 9.59 Å². The van der Waals surface area contributed by atoms with Crippen molar-refractivity contribution >= 4 is 18.0 Å². The van der Waals surface area contributed by atoms with Crippen molar-refractivity contribution in [2.75, 3.05) is 54.7 Å². The molecule has 3 aromatic carbocycles. The molecule has 0 atom stereocenters. The molecule has 4 rings (SSSR count). The zero-order valence-electron chi connectivity index (χ0n) is 22.6. The van der Waals surface area contributed by atoms with Crippen LogP contribution < -0.4 is 14.2 Å². The van der Waals surface area contributed by atoms with E-state index in [1.165, 1.54) is 27.4 Å².